The van der Waals surface area contributed by atoms with Gasteiger partial charge in [-0.2, -0.15) is 4.98 Å². The lowest BCUT2D eigenvalue weighted by Gasteiger charge is -1.86. The summed E-state index contributed by atoms with van der Waals surface area (Å²) in [4.78, 5) is 9.97. The van der Waals surface area contributed by atoms with Crippen LogP contribution in [0.25, 0.3) is 11.2 Å². The van der Waals surface area contributed by atoms with Crippen molar-refractivity contribution in [3.63, 3.8) is 0 Å². The Morgan fingerprint density at radius 3 is 3.20 bits per heavy atom. The van der Waals surface area contributed by atoms with Gasteiger partial charge in [0.05, 0.1) is 12.6 Å². The second-order valence-corrected chi connectivity index (χ2v) is 1.99. The maximum absolute atomic E-state index is 4.87. The zero-order chi connectivity index (χ0) is 6.97. The first-order valence-electron chi connectivity index (χ1n) is 2.97. The van der Waals surface area contributed by atoms with Crippen LogP contribution < -0.4 is 4.74 Å². The van der Waals surface area contributed by atoms with Crippen molar-refractivity contribution in [3.05, 3.63) is 12.3 Å². The van der Waals surface area contributed by atoms with Gasteiger partial charge >= 0.3 is 0 Å². The smallest absolute Gasteiger partial charge is 0.295 e. The van der Waals surface area contributed by atoms with Crippen molar-refractivity contribution in [3.8, 4) is 6.01 Å². The molecule has 2 N–H and O–H groups in total. The van der Waals surface area contributed by atoms with E-state index in [4.69, 9.17) is 4.74 Å². The number of aromatic nitrogens is 3. The fourth-order valence-electron chi connectivity index (χ4n) is 0.895. The first kappa shape index (κ1) is 5.34. The van der Waals surface area contributed by atoms with Gasteiger partial charge in [0.1, 0.15) is 0 Å². The fourth-order valence-corrected chi connectivity index (χ4v) is 0.895. The van der Waals surface area contributed by atoms with Gasteiger partial charge in [-0.1, -0.05) is 0 Å². The van der Waals surface area contributed by atoms with Crippen LogP contribution in [0.3, 0.4) is 0 Å². The Morgan fingerprint density at radius 1 is 1.60 bits per heavy atom. The molecule has 4 heteroatoms. The summed E-state index contributed by atoms with van der Waals surface area (Å²) in [6.45, 7) is 0. The molecule has 0 unspecified atom stereocenters. The van der Waals surface area contributed by atoms with Crippen LogP contribution in [0.2, 0.25) is 0 Å². The van der Waals surface area contributed by atoms with Crippen LogP contribution in [-0.4, -0.2) is 22.1 Å². The van der Waals surface area contributed by atoms with Crippen LogP contribution in [-0.2, 0) is 0 Å². The van der Waals surface area contributed by atoms with Crippen LogP contribution >= 0.6 is 0 Å². The second kappa shape index (κ2) is 1.76. The molecule has 0 radical (unpaired) electrons. The Balaban J connectivity index is 2.67. The predicted octanol–water partition coefficient (Wildman–Crippen LogP) is 0.900. The number of rotatable bonds is 1. The lowest BCUT2D eigenvalue weighted by atomic mass is 10.6. The van der Waals surface area contributed by atoms with E-state index in [-0.39, 0.29) is 0 Å². The van der Waals surface area contributed by atoms with Gasteiger partial charge in [0.15, 0.2) is 5.65 Å². The van der Waals surface area contributed by atoms with Crippen LogP contribution in [0.15, 0.2) is 12.3 Å². The summed E-state index contributed by atoms with van der Waals surface area (Å²) < 4.78 is 4.87. The minimum atomic E-state index is 0.543. The summed E-state index contributed by atoms with van der Waals surface area (Å²) in [6.07, 6.45) is 1.83. The van der Waals surface area contributed by atoms with E-state index in [1.165, 1.54) is 0 Å². The molecule has 0 aliphatic carbocycles. The SMILES string of the molecule is COc1nc2[nH]ccc2[nH]1. The standard InChI is InChI=1S/C6H7N3O/c1-10-6-8-4-2-3-7-5(4)9-6/h2-3,7H,1H3,(H,8,9). The summed E-state index contributed by atoms with van der Waals surface area (Å²) >= 11 is 0. The molecule has 0 spiro atoms. The van der Waals surface area contributed by atoms with E-state index in [2.05, 4.69) is 15.0 Å². The summed E-state index contributed by atoms with van der Waals surface area (Å²) in [5, 5.41) is 0. The molecule has 0 amide bonds. The van der Waals surface area contributed by atoms with Gasteiger partial charge in [-0.05, 0) is 6.07 Å². The average Bonchev–Trinajstić information content (AvgIpc) is 2.42. The zero-order valence-corrected chi connectivity index (χ0v) is 5.51. The Hall–Kier alpha value is -1.45. The number of H-pyrrole nitrogens is 2. The Morgan fingerprint density at radius 2 is 2.50 bits per heavy atom. The highest BCUT2D eigenvalue weighted by Crippen LogP contribution is 2.12. The lowest BCUT2D eigenvalue weighted by molar-refractivity contribution is 0.385. The molecule has 0 aliphatic heterocycles. The third-order valence-corrected chi connectivity index (χ3v) is 1.37. The Kier molecular flexibility index (Phi) is 0.943. The molecule has 2 aromatic heterocycles. The van der Waals surface area contributed by atoms with Crippen molar-refractivity contribution >= 4 is 11.2 Å². The maximum Gasteiger partial charge on any atom is 0.295 e. The fraction of sp³-hybridized carbons (Fsp3) is 0.167. The first-order valence-corrected chi connectivity index (χ1v) is 2.97. The van der Waals surface area contributed by atoms with Crippen molar-refractivity contribution in [2.75, 3.05) is 7.11 Å². The van der Waals surface area contributed by atoms with Crippen LogP contribution in [0, 0.1) is 0 Å². The summed E-state index contributed by atoms with van der Waals surface area (Å²) in [5.74, 6) is 0. The third-order valence-electron chi connectivity index (χ3n) is 1.37. The molecule has 52 valence electrons. The van der Waals surface area contributed by atoms with E-state index in [0.29, 0.717) is 6.01 Å². The molecule has 2 rings (SSSR count). The molecule has 0 saturated heterocycles. The molecule has 0 atom stereocenters. The number of nitrogens with zero attached hydrogens (tertiary/aromatic N) is 1. The lowest BCUT2D eigenvalue weighted by Crippen LogP contribution is -1.82. The van der Waals surface area contributed by atoms with Crippen molar-refractivity contribution < 1.29 is 4.74 Å². The summed E-state index contributed by atoms with van der Waals surface area (Å²) in [7, 11) is 1.58. The highest BCUT2D eigenvalue weighted by molar-refractivity contribution is 5.71. The molecule has 0 bridgehead atoms. The van der Waals surface area contributed by atoms with Crippen LogP contribution in [0.1, 0.15) is 0 Å². The van der Waals surface area contributed by atoms with E-state index in [1.807, 2.05) is 12.3 Å². The third kappa shape index (κ3) is 0.586. The number of ether oxygens (including phenoxy) is 1. The molecule has 0 aromatic carbocycles. The number of hydrogen-bond donors (Lipinski definition) is 2. The average molecular weight is 137 g/mol. The molecular formula is C6H7N3O. The molecule has 0 saturated carbocycles. The number of methoxy groups -OCH3 is 1. The minimum absolute atomic E-state index is 0.543. The Bertz CT molecular complexity index is 307. The van der Waals surface area contributed by atoms with Crippen molar-refractivity contribution in [2.45, 2.75) is 0 Å². The maximum atomic E-state index is 4.87. The molecule has 4 nitrogen and oxygen atoms in total. The summed E-state index contributed by atoms with van der Waals surface area (Å²) in [6, 6.07) is 2.45. The molecule has 0 aliphatic rings. The van der Waals surface area contributed by atoms with Crippen molar-refractivity contribution in [2.24, 2.45) is 0 Å². The van der Waals surface area contributed by atoms with Gasteiger partial charge in [-0.15, -0.1) is 0 Å². The van der Waals surface area contributed by atoms with E-state index in [9.17, 15) is 0 Å². The molecule has 0 fully saturated rings. The van der Waals surface area contributed by atoms with Gasteiger partial charge in [-0.3, -0.25) is 0 Å². The second-order valence-electron chi connectivity index (χ2n) is 1.99. The normalized spacial score (nSPS) is 10.5. The summed E-state index contributed by atoms with van der Waals surface area (Å²) in [5.41, 5.74) is 1.80. The van der Waals surface area contributed by atoms with Crippen LogP contribution in [0.4, 0.5) is 0 Å². The molecule has 2 aromatic rings. The topological polar surface area (TPSA) is 53.7 Å². The predicted molar refractivity (Wildman–Crippen MR) is 37.0 cm³/mol. The van der Waals surface area contributed by atoms with Crippen molar-refractivity contribution in [1.29, 1.82) is 0 Å². The number of hydrogen-bond acceptors (Lipinski definition) is 2. The van der Waals surface area contributed by atoms with Crippen LogP contribution in [0.5, 0.6) is 6.01 Å². The van der Waals surface area contributed by atoms with Gasteiger partial charge in [0.25, 0.3) is 6.01 Å². The first-order chi connectivity index (χ1) is 4.90. The largest absolute Gasteiger partial charge is 0.468 e. The highest BCUT2D eigenvalue weighted by atomic mass is 16.5. The quantitative estimate of drug-likeness (QED) is 0.613. The van der Waals surface area contributed by atoms with E-state index in [0.717, 1.165) is 11.2 Å². The monoisotopic (exact) mass is 137 g/mol. The number of nitrogens with one attached hydrogen (secondary N) is 2. The number of imidazole rings is 1. The van der Waals surface area contributed by atoms with Gasteiger partial charge in [0, 0.05) is 6.20 Å². The zero-order valence-electron chi connectivity index (χ0n) is 5.51. The van der Waals surface area contributed by atoms with E-state index in [1.54, 1.807) is 7.11 Å². The Labute approximate surface area is 57.2 Å². The molecular weight excluding hydrogens is 130 g/mol. The molecule has 2 heterocycles. The van der Waals surface area contributed by atoms with Gasteiger partial charge < -0.3 is 14.7 Å². The number of aromatic amines is 2. The van der Waals surface area contributed by atoms with E-state index < -0.39 is 0 Å². The molecule has 10 heavy (non-hydrogen) atoms. The van der Waals surface area contributed by atoms with E-state index >= 15 is 0 Å². The van der Waals surface area contributed by atoms with Gasteiger partial charge in [-0.25, -0.2) is 0 Å². The number of fused-ring (bicyclic) bond motifs is 1. The minimum Gasteiger partial charge on any atom is -0.468 e. The van der Waals surface area contributed by atoms with Crippen molar-refractivity contribution in [1.82, 2.24) is 15.0 Å². The highest BCUT2D eigenvalue weighted by Gasteiger charge is 2.00. The van der Waals surface area contributed by atoms with Gasteiger partial charge in [0.2, 0.25) is 0 Å².